The fourth-order valence-corrected chi connectivity index (χ4v) is 2.21. The van der Waals surface area contributed by atoms with E-state index in [9.17, 15) is 4.79 Å². The van der Waals surface area contributed by atoms with Crippen LogP contribution in [0.4, 0.5) is 0 Å². The van der Waals surface area contributed by atoms with Crippen LogP contribution in [0.1, 0.15) is 0 Å². The summed E-state index contributed by atoms with van der Waals surface area (Å²) in [6, 6.07) is 8.86. The second-order valence-electron chi connectivity index (χ2n) is 3.34. The molecule has 2 heterocycles. The summed E-state index contributed by atoms with van der Waals surface area (Å²) in [5.74, 6) is 0. The summed E-state index contributed by atoms with van der Waals surface area (Å²) >= 11 is 1.58. The normalized spacial score (nSPS) is 10.8. The molecule has 0 unspecified atom stereocenters. The third-order valence-corrected chi connectivity index (χ3v) is 3.12. The van der Waals surface area contributed by atoms with Gasteiger partial charge in [-0.25, -0.2) is 9.78 Å². The topological polar surface area (TPSA) is 43.1 Å². The lowest BCUT2D eigenvalue weighted by Crippen LogP contribution is -1.94. The minimum Gasteiger partial charge on any atom is -0.423 e. The van der Waals surface area contributed by atoms with Crippen molar-refractivity contribution in [2.45, 2.75) is 0 Å². The highest BCUT2D eigenvalue weighted by atomic mass is 32.1. The first kappa shape index (κ1) is 9.30. The fraction of sp³-hybridized carbons (Fsp3) is 0. The van der Waals surface area contributed by atoms with Gasteiger partial charge in [0.1, 0.15) is 10.6 Å². The first-order chi connectivity index (χ1) is 7.83. The van der Waals surface area contributed by atoms with Crippen molar-refractivity contribution in [3.8, 4) is 10.6 Å². The van der Waals surface area contributed by atoms with E-state index in [4.69, 9.17) is 4.42 Å². The van der Waals surface area contributed by atoms with E-state index in [2.05, 4.69) is 4.98 Å². The van der Waals surface area contributed by atoms with Gasteiger partial charge < -0.3 is 4.42 Å². The summed E-state index contributed by atoms with van der Waals surface area (Å²) in [5.41, 5.74) is 1.32. The maximum Gasteiger partial charge on any atom is 0.336 e. The van der Waals surface area contributed by atoms with Crippen molar-refractivity contribution in [3.05, 3.63) is 52.3 Å². The molecule has 3 aromatic rings. The minimum atomic E-state index is -0.325. The second kappa shape index (κ2) is 3.57. The van der Waals surface area contributed by atoms with Crippen LogP contribution in [-0.2, 0) is 0 Å². The monoisotopic (exact) mass is 229 g/mol. The molecule has 0 bridgehead atoms. The molecule has 2 aromatic heterocycles. The van der Waals surface area contributed by atoms with Crippen LogP contribution < -0.4 is 5.63 Å². The van der Waals surface area contributed by atoms with E-state index in [0.29, 0.717) is 5.58 Å². The van der Waals surface area contributed by atoms with Gasteiger partial charge in [0.05, 0.1) is 0 Å². The number of benzene rings is 1. The van der Waals surface area contributed by atoms with Crippen LogP contribution in [0.25, 0.3) is 21.5 Å². The van der Waals surface area contributed by atoms with Gasteiger partial charge in [0.15, 0.2) is 0 Å². The second-order valence-corrected chi connectivity index (χ2v) is 4.24. The summed E-state index contributed by atoms with van der Waals surface area (Å²) in [6.45, 7) is 0. The fourth-order valence-electron chi connectivity index (χ4n) is 1.57. The van der Waals surface area contributed by atoms with Gasteiger partial charge in [-0.05, 0) is 24.3 Å². The summed E-state index contributed by atoms with van der Waals surface area (Å²) < 4.78 is 5.06. The highest BCUT2D eigenvalue weighted by Crippen LogP contribution is 2.25. The number of rotatable bonds is 1. The number of hydrogen-bond donors (Lipinski definition) is 0. The number of thiazole rings is 1. The number of nitrogens with zero attached hydrogens (tertiary/aromatic N) is 1. The Labute approximate surface area is 95.0 Å². The predicted octanol–water partition coefficient (Wildman–Crippen LogP) is 2.92. The molecule has 0 aliphatic carbocycles. The molecule has 1 aromatic carbocycles. The maximum absolute atomic E-state index is 11.0. The Balaban J connectivity index is 2.24. The van der Waals surface area contributed by atoms with Crippen molar-refractivity contribution in [2.24, 2.45) is 0 Å². The Morgan fingerprint density at radius 2 is 2.12 bits per heavy atom. The van der Waals surface area contributed by atoms with Crippen molar-refractivity contribution >= 4 is 22.3 Å². The number of hydrogen-bond acceptors (Lipinski definition) is 4. The van der Waals surface area contributed by atoms with Crippen LogP contribution in [0.15, 0.2) is 51.1 Å². The third-order valence-electron chi connectivity index (χ3n) is 2.30. The van der Waals surface area contributed by atoms with Crippen molar-refractivity contribution in [3.63, 3.8) is 0 Å². The zero-order valence-corrected chi connectivity index (χ0v) is 9.03. The van der Waals surface area contributed by atoms with Gasteiger partial charge in [0.25, 0.3) is 0 Å². The lowest BCUT2D eigenvalue weighted by Gasteiger charge is -1.98. The van der Waals surface area contributed by atoms with Gasteiger partial charge in [-0.1, -0.05) is 0 Å². The van der Waals surface area contributed by atoms with Crippen molar-refractivity contribution in [1.82, 2.24) is 4.98 Å². The Bertz CT molecular complexity index is 686. The van der Waals surface area contributed by atoms with E-state index in [1.165, 1.54) is 6.07 Å². The molecule has 0 fully saturated rings. The molecule has 0 spiro atoms. The summed E-state index contributed by atoms with van der Waals surface area (Å²) in [6.07, 6.45) is 1.77. The molecule has 16 heavy (non-hydrogen) atoms. The van der Waals surface area contributed by atoms with Crippen LogP contribution in [0.5, 0.6) is 0 Å². The molecular weight excluding hydrogens is 222 g/mol. The van der Waals surface area contributed by atoms with Crippen LogP contribution in [0.2, 0.25) is 0 Å². The molecular formula is C12H7NO2S. The average molecular weight is 229 g/mol. The Hall–Kier alpha value is -1.94. The molecule has 0 aliphatic heterocycles. The molecule has 3 rings (SSSR count). The van der Waals surface area contributed by atoms with Crippen LogP contribution >= 0.6 is 11.3 Å². The Morgan fingerprint density at radius 3 is 2.94 bits per heavy atom. The van der Waals surface area contributed by atoms with Gasteiger partial charge in [-0.3, -0.25) is 0 Å². The highest BCUT2D eigenvalue weighted by Gasteiger charge is 2.03. The predicted molar refractivity (Wildman–Crippen MR) is 63.6 cm³/mol. The zero-order valence-electron chi connectivity index (χ0n) is 8.21. The molecule has 3 nitrogen and oxygen atoms in total. The molecule has 0 amide bonds. The van der Waals surface area contributed by atoms with Crippen molar-refractivity contribution in [2.75, 3.05) is 0 Å². The van der Waals surface area contributed by atoms with E-state index in [0.717, 1.165) is 16.0 Å². The molecule has 0 aliphatic rings. The van der Waals surface area contributed by atoms with Crippen molar-refractivity contribution < 1.29 is 4.42 Å². The van der Waals surface area contributed by atoms with Gasteiger partial charge in [0, 0.05) is 28.6 Å². The molecule has 4 heteroatoms. The molecule has 78 valence electrons. The summed E-state index contributed by atoms with van der Waals surface area (Å²) in [7, 11) is 0. The first-order valence-corrected chi connectivity index (χ1v) is 5.65. The van der Waals surface area contributed by atoms with Crippen molar-refractivity contribution in [1.29, 1.82) is 0 Å². The molecule has 0 N–H and O–H groups in total. The largest absolute Gasteiger partial charge is 0.423 e. The summed E-state index contributed by atoms with van der Waals surface area (Å²) in [4.78, 5) is 15.3. The highest BCUT2D eigenvalue weighted by molar-refractivity contribution is 7.13. The maximum atomic E-state index is 11.0. The van der Waals surface area contributed by atoms with Gasteiger partial charge in [-0.2, -0.15) is 0 Å². The van der Waals surface area contributed by atoms with Crippen LogP contribution in [0.3, 0.4) is 0 Å². The Morgan fingerprint density at radius 1 is 1.19 bits per heavy atom. The van der Waals surface area contributed by atoms with E-state index < -0.39 is 0 Å². The van der Waals surface area contributed by atoms with E-state index >= 15 is 0 Å². The van der Waals surface area contributed by atoms with Gasteiger partial charge in [0.2, 0.25) is 0 Å². The van der Waals surface area contributed by atoms with E-state index in [1.54, 1.807) is 29.7 Å². The van der Waals surface area contributed by atoms with E-state index in [-0.39, 0.29) is 5.63 Å². The van der Waals surface area contributed by atoms with Gasteiger partial charge >= 0.3 is 5.63 Å². The lowest BCUT2D eigenvalue weighted by atomic mass is 10.1. The smallest absolute Gasteiger partial charge is 0.336 e. The zero-order chi connectivity index (χ0) is 11.0. The SMILES string of the molecule is O=c1ccc2cc(-c3nccs3)ccc2o1. The first-order valence-electron chi connectivity index (χ1n) is 4.77. The standard InChI is InChI=1S/C12H7NO2S/c14-11-4-2-8-7-9(1-3-10(8)15-11)12-13-5-6-16-12/h1-7H. The Kier molecular flexibility index (Phi) is 2.08. The van der Waals surface area contributed by atoms with Crippen LogP contribution in [-0.4, -0.2) is 4.98 Å². The molecule has 0 radical (unpaired) electrons. The minimum absolute atomic E-state index is 0.325. The number of fused-ring (bicyclic) bond motifs is 1. The average Bonchev–Trinajstić information content (AvgIpc) is 2.82. The van der Waals surface area contributed by atoms with Crippen LogP contribution in [0, 0.1) is 0 Å². The van der Waals surface area contributed by atoms with Gasteiger partial charge in [-0.15, -0.1) is 11.3 Å². The third kappa shape index (κ3) is 1.53. The summed E-state index contributed by atoms with van der Waals surface area (Å²) in [5, 5.41) is 3.81. The lowest BCUT2D eigenvalue weighted by molar-refractivity contribution is 0.561. The molecule has 0 saturated carbocycles. The van der Waals surface area contributed by atoms with E-state index in [1.807, 2.05) is 17.5 Å². The molecule has 0 saturated heterocycles. The number of aromatic nitrogens is 1. The quantitative estimate of drug-likeness (QED) is 0.602. The molecule has 0 atom stereocenters.